The van der Waals surface area contributed by atoms with Gasteiger partial charge in [-0.2, -0.15) is 0 Å². The van der Waals surface area contributed by atoms with Crippen molar-refractivity contribution in [3.63, 3.8) is 0 Å². The summed E-state index contributed by atoms with van der Waals surface area (Å²) in [6.07, 6.45) is 4.10. The average Bonchev–Trinajstić information content (AvgIpc) is 2.88. The van der Waals surface area contributed by atoms with E-state index in [1.54, 1.807) is 11.3 Å². The number of aryl methyl sites for hydroxylation is 1. The van der Waals surface area contributed by atoms with Crippen molar-refractivity contribution < 1.29 is 0 Å². The van der Waals surface area contributed by atoms with E-state index in [0.717, 1.165) is 5.92 Å². The van der Waals surface area contributed by atoms with Gasteiger partial charge in [0.25, 0.3) is 0 Å². The summed E-state index contributed by atoms with van der Waals surface area (Å²) in [5, 5.41) is 8.08. The minimum Gasteiger partial charge on any atom is -0.381 e. The SMILES string of the molecule is CCC(Nc1cscc1C)C1CC1. The van der Waals surface area contributed by atoms with Crippen molar-refractivity contribution in [3.8, 4) is 0 Å². The Balaban J connectivity index is 1.99. The Morgan fingerprint density at radius 2 is 2.31 bits per heavy atom. The lowest BCUT2D eigenvalue weighted by atomic mass is 10.1. The second-order valence-electron chi connectivity index (χ2n) is 3.96. The lowest BCUT2D eigenvalue weighted by molar-refractivity contribution is 0.616. The molecule has 2 heteroatoms. The van der Waals surface area contributed by atoms with Crippen molar-refractivity contribution >= 4 is 17.0 Å². The molecule has 1 aromatic rings. The molecular weight excluding hydrogens is 178 g/mol. The average molecular weight is 195 g/mol. The van der Waals surface area contributed by atoms with E-state index < -0.39 is 0 Å². The Kier molecular flexibility index (Phi) is 2.58. The Morgan fingerprint density at radius 1 is 1.54 bits per heavy atom. The molecule has 1 fully saturated rings. The lowest BCUT2D eigenvalue weighted by Gasteiger charge is -2.17. The van der Waals surface area contributed by atoms with Crippen LogP contribution >= 0.6 is 11.3 Å². The molecule has 1 nitrogen and oxygen atoms in total. The first-order chi connectivity index (χ1) is 6.31. The molecule has 72 valence electrons. The van der Waals surface area contributed by atoms with Crippen LogP contribution in [0.1, 0.15) is 31.7 Å². The van der Waals surface area contributed by atoms with E-state index in [1.165, 1.54) is 30.5 Å². The van der Waals surface area contributed by atoms with E-state index in [4.69, 9.17) is 0 Å². The van der Waals surface area contributed by atoms with Gasteiger partial charge in [-0.25, -0.2) is 0 Å². The van der Waals surface area contributed by atoms with Gasteiger partial charge in [-0.15, -0.1) is 11.3 Å². The zero-order valence-electron chi connectivity index (χ0n) is 8.34. The van der Waals surface area contributed by atoms with Crippen LogP contribution in [-0.4, -0.2) is 6.04 Å². The summed E-state index contributed by atoms with van der Waals surface area (Å²) in [5.74, 6) is 0.948. The highest BCUT2D eigenvalue weighted by Gasteiger charge is 2.29. The molecule has 0 radical (unpaired) electrons. The van der Waals surface area contributed by atoms with Gasteiger partial charge in [0, 0.05) is 17.1 Å². The molecule has 0 spiro atoms. The molecule has 1 aliphatic rings. The van der Waals surface area contributed by atoms with Crippen LogP contribution in [0.5, 0.6) is 0 Å². The normalized spacial score (nSPS) is 18.6. The first-order valence-electron chi connectivity index (χ1n) is 5.10. The quantitative estimate of drug-likeness (QED) is 0.773. The fraction of sp³-hybridized carbons (Fsp3) is 0.636. The van der Waals surface area contributed by atoms with Crippen LogP contribution in [0.15, 0.2) is 10.8 Å². The van der Waals surface area contributed by atoms with Crippen LogP contribution in [0.3, 0.4) is 0 Å². The van der Waals surface area contributed by atoms with Crippen molar-refractivity contribution in [1.82, 2.24) is 0 Å². The van der Waals surface area contributed by atoms with Gasteiger partial charge in [0.05, 0.1) is 0 Å². The van der Waals surface area contributed by atoms with Crippen molar-refractivity contribution in [3.05, 3.63) is 16.3 Å². The predicted octanol–water partition coefficient (Wildman–Crippen LogP) is 3.66. The monoisotopic (exact) mass is 195 g/mol. The zero-order valence-corrected chi connectivity index (χ0v) is 9.16. The third kappa shape index (κ3) is 2.05. The highest BCUT2D eigenvalue weighted by Crippen LogP contribution is 2.36. The van der Waals surface area contributed by atoms with E-state index in [-0.39, 0.29) is 0 Å². The Morgan fingerprint density at radius 3 is 2.77 bits per heavy atom. The van der Waals surface area contributed by atoms with Crippen LogP contribution in [0.2, 0.25) is 0 Å². The van der Waals surface area contributed by atoms with Crippen LogP contribution < -0.4 is 5.32 Å². The van der Waals surface area contributed by atoms with Gasteiger partial charge in [-0.1, -0.05) is 6.92 Å². The topological polar surface area (TPSA) is 12.0 Å². The highest BCUT2D eigenvalue weighted by molar-refractivity contribution is 7.08. The van der Waals surface area contributed by atoms with Crippen LogP contribution in [0.4, 0.5) is 5.69 Å². The molecule has 1 aliphatic carbocycles. The van der Waals surface area contributed by atoms with Gasteiger partial charge < -0.3 is 5.32 Å². The maximum atomic E-state index is 3.65. The molecule has 0 bridgehead atoms. The van der Waals surface area contributed by atoms with Gasteiger partial charge in [0.1, 0.15) is 0 Å². The Hall–Kier alpha value is -0.500. The van der Waals surface area contributed by atoms with Crippen LogP contribution in [0.25, 0.3) is 0 Å². The fourth-order valence-electron chi connectivity index (χ4n) is 1.76. The van der Waals surface area contributed by atoms with E-state index in [2.05, 4.69) is 29.9 Å². The summed E-state index contributed by atoms with van der Waals surface area (Å²) in [6, 6.07) is 0.716. The third-order valence-electron chi connectivity index (χ3n) is 2.83. The zero-order chi connectivity index (χ0) is 9.26. The highest BCUT2D eigenvalue weighted by atomic mass is 32.1. The molecule has 1 saturated carbocycles. The van der Waals surface area contributed by atoms with Crippen LogP contribution in [-0.2, 0) is 0 Å². The smallest absolute Gasteiger partial charge is 0.0480 e. The van der Waals surface area contributed by atoms with E-state index in [9.17, 15) is 0 Å². The van der Waals surface area contributed by atoms with Gasteiger partial charge in [0.15, 0.2) is 0 Å². The largest absolute Gasteiger partial charge is 0.381 e. The number of thiophene rings is 1. The molecule has 1 atom stereocenters. The number of nitrogens with one attached hydrogen (secondary N) is 1. The number of anilines is 1. The minimum absolute atomic E-state index is 0.716. The van der Waals surface area contributed by atoms with E-state index >= 15 is 0 Å². The second-order valence-corrected chi connectivity index (χ2v) is 4.71. The first-order valence-corrected chi connectivity index (χ1v) is 6.05. The molecule has 1 aromatic heterocycles. The van der Waals surface area contributed by atoms with Crippen LogP contribution in [0, 0.1) is 12.8 Å². The summed E-state index contributed by atoms with van der Waals surface area (Å²) in [4.78, 5) is 0. The molecule has 2 rings (SSSR count). The number of hydrogen-bond acceptors (Lipinski definition) is 2. The summed E-state index contributed by atoms with van der Waals surface area (Å²) in [7, 11) is 0. The standard InChI is InChI=1S/C11H17NS/c1-3-10(9-4-5-9)12-11-7-13-6-8(11)2/h6-7,9-10,12H,3-5H2,1-2H3. The van der Waals surface area contributed by atoms with Crippen molar-refractivity contribution in [2.45, 2.75) is 39.2 Å². The molecule has 0 aliphatic heterocycles. The lowest BCUT2D eigenvalue weighted by Crippen LogP contribution is -2.20. The predicted molar refractivity (Wildman–Crippen MR) is 59.5 cm³/mol. The van der Waals surface area contributed by atoms with E-state index in [1.807, 2.05) is 0 Å². The Labute approximate surface area is 84.2 Å². The fourth-order valence-corrected chi connectivity index (χ4v) is 2.55. The van der Waals surface area contributed by atoms with Gasteiger partial charge >= 0.3 is 0 Å². The first kappa shape index (κ1) is 9.07. The third-order valence-corrected chi connectivity index (χ3v) is 3.69. The minimum atomic E-state index is 0.716. The van der Waals surface area contributed by atoms with Crippen molar-refractivity contribution in [2.24, 2.45) is 5.92 Å². The molecule has 1 N–H and O–H groups in total. The summed E-state index contributed by atoms with van der Waals surface area (Å²) < 4.78 is 0. The second kappa shape index (κ2) is 3.70. The maximum Gasteiger partial charge on any atom is 0.0480 e. The molecule has 1 heterocycles. The van der Waals surface area contributed by atoms with Crippen molar-refractivity contribution in [1.29, 1.82) is 0 Å². The molecule has 13 heavy (non-hydrogen) atoms. The van der Waals surface area contributed by atoms with Gasteiger partial charge in [-0.05, 0) is 43.0 Å². The van der Waals surface area contributed by atoms with E-state index in [0.29, 0.717) is 6.04 Å². The number of rotatable bonds is 4. The number of hydrogen-bond donors (Lipinski definition) is 1. The summed E-state index contributed by atoms with van der Waals surface area (Å²) in [6.45, 7) is 4.45. The molecule has 0 amide bonds. The van der Waals surface area contributed by atoms with Crippen molar-refractivity contribution in [2.75, 3.05) is 5.32 Å². The molecular formula is C11H17NS. The Bertz CT molecular complexity index is 275. The molecule has 1 unspecified atom stereocenters. The maximum absolute atomic E-state index is 3.65. The molecule has 0 saturated heterocycles. The summed E-state index contributed by atoms with van der Waals surface area (Å²) >= 11 is 1.79. The van der Waals surface area contributed by atoms with Gasteiger partial charge in [-0.3, -0.25) is 0 Å². The summed E-state index contributed by atoms with van der Waals surface area (Å²) in [5.41, 5.74) is 2.74. The van der Waals surface area contributed by atoms with Gasteiger partial charge in [0.2, 0.25) is 0 Å². The molecule has 0 aromatic carbocycles.